The van der Waals surface area contributed by atoms with Gasteiger partial charge in [-0.3, -0.25) is 4.79 Å². The minimum absolute atomic E-state index is 0.103. The third-order valence-electron chi connectivity index (χ3n) is 2.52. The number of carbonyl (C=O) groups excluding carboxylic acids is 2. The highest BCUT2D eigenvalue weighted by molar-refractivity contribution is 5.77. The molecular formula is C14H18O5. The van der Waals surface area contributed by atoms with Crippen molar-refractivity contribution in [2.45, 2.75) is 26.6 Å². The van der Waals surface area contributed by atoms with Gasteiger partial charge in [-0.05, 0) is 18.1 Å². The number of esters is 2. The molecule has 5 heteroatoms. The number of carbonyl (C=O) groups is 2. The average Bonchev–Trinajstić information content (AvgIpc) is 2.42. The first-order valence-electron chi connectivity index (χ1n) is 6.00. The fourth-order valence-electron chi connectivity index (χ4n) is 1.66. The Morgan fingerprint density at radius 2 is 1.95 bits per heavy atom. The summed E-state index contributed by atoms with van der Waals surface area (Å²) in [5.41, 5.74) is 1.37. The molecule has 0 N–H and O–H groups in total. The molecule has 0 aromatic heterocycles. The van der Waals surface area contributed by atoms with Crippen molar-refractivity contribution in [3.63, 3.8) is 0 Å². The fraction of sp³-hybridized carbons (Fsp3) is 0.429. The monoisotopic (exact) mass is 266 g/mol. The van der Waals surface area contributed by atoms with Crippen molar-refractivity contribution in [3.05, 3.63) is 35.4 Å². The largest absolute Gasteiger partial charge is 0.467 e. The van der Waals surface area contributed by atoms with Crippen LogP contribution in [0.15, 0.2) is 24.3 Å². The Hall–Kier alpha value is -1.88. The molecule has 19 heavy (non-hydrogen) atoms. The normalized spacial score (nSPS) is 11.7. The lowest BCUT2D eigenvalue weighted by Gasteiger charge is -2.18. The van der Waals surface area contributed by atoms with Crippen molar-refractivity contribution in [1.82, 2.24) is 0 Å². The predicted molar refractivity (Wildman–Crippen MR) is 68.3 cm³/mol. The Morgan fingerprint density at radius 1 is 1.26 bits per heavy atom. The smallest absolute Gasteiger partial charge is 0.339 e. The first kappa shape index (κ1) is 15.2. The summed E-state index contributed by atoms with van der Waals surface area (Å²) < 4.78 is 15.1. The standard InChI is InChI=1S/C14H18O5/c1-4-18-13(14(16)17-3)12-8-6-5-7-11(12)9-19-10(2)15/h5-8,13H,4,9H2,1-3H3. The van der Waals surface area contributed by atoms with Gasteiger partial charge in [0.2, 0.25) is 0 Å². The first-order valence-corrected chi connectivity index (χ1v) is 6.00. The van der Waals surface area contributed by atoms with Crippen LogP contribution in [0.2, 0.25) is 0 Å². The molecule has 1 rings (SSSR count). The average molecular weight is 266 g/mol. The Balaban J connectivity index is 3.00. The minimum Gasteiger partial charge on any atom is -0.467 e. The third kappa shape index (κ3) is 4.37. The van der Waals surface area contributed by atoms with Crippen LogP contribution in [0.5, 0.6) is 0 Å². The van der Waals surface area contributed by atoms with Crippen LogP contribution in [0.25, 0.3) is 0 Å². The second kappa shape index (κ2) is 7.53. The van der Waals surface area contributed by atoms with Gasteiger partial charge in [0.1, 0.15) is 6.61 Å². The maximum Gasteiger partial charge on any atom is 0.339 e. The molecule has 0 radical (unpaired) electrons. The summed E-state index contributed by atoms with van der Waals surface area (Å²) in [7, 11) is 1.31. The maximum absolute atomic E-state index is 11.7. The molecule has 1 aromatic carbocycles. The van der Waals surface area contributed by atoms with E-state index in [-0.39, 0.29) is 12.6 Å². The van der Waals surface area contributed by atoms with Crippen molar-refractivity contribution >= 4 is 11.9 Å². The van der Waals surface area contributed by atoms with Crippen molar-refractivity contribution in [2.24, 2.45) is 0 Å². The number of hydrogen-bond acceptors (Lipinski definition) is 5. The Labute approximate surface area is 112 Å². The van der Waals surface area contributed by atoms with E-state index in [1.165, 1.54) is 14.0 Å². The molecular weight excluding hydrogens is 248 g/mol. The molecule has 104 valence electrons. The van der Waals surface area contributed by atoms with E-state index in [2.05, 4.69) is 0 Å². The van der Waals surface area contributed by atoms with E-state index < -0.39 is 12.1 Å². The van der Waals surface area contributed by atoms with Gasteiger partial charge >= 0.3 is 11.9 Å². The van der Waals surface area contributed by atoms with Crippen LogP contribution in [0, 0.1) is 0 Å². The molecule has 0 spiro atoms. The van der Waals surface area contributed by atoms with Gasteiger partial charge in [-0.15, -0.1) is 0 Å². The van der Waals surface area contributed by atoms with Crippen LogP contribution in [0.3, 0.4) is 0 Å². The van der Waals surface area contributed by atoms with E-state index in [0.29, 0.717) is 12.2 Å². The molecule has 1 aromatic rings. The maximum atomic E-state index is 11.7. The molecule has 1 atom stereocenters. The summed E-state index contributed by atoms with van der Waals surface area (Å²) in [5.74, 6) is -0.849. The Kier molecular flexibility index (Phi) is 6.02. The highest BCUT2D eigenvalue weighted by atomic mass is 16.6. The van der Waals surface area contributed by atoms with Gasteiger partial charge < -0.3 is 14.2 Å². The van der Waals surface area contributed by atoms with Gasteiger partial charge in [0.25, 0.3) is 0 Å². The summed E-state index contributed by atoms with van der Waals surface area (Å²) in [5, 5.41) is 0. The van der Waals surface area contributed by atoms with Crippen LogP contribution < -0.4 is 0 Å². The zero-order chi connectivity index (χ0) is 14.3. The molecule has 1 unspecified atom stereocenters. The van der Waals surface area contributed by atoms with Crippen LogP contribution in [0.4, 0.5) is 0 Å². The number of benzene rings is 1. The molecule has 0 aliphatic heterocycles. The number of methoxy groups -OCH3 is 1. The van der Waals surface area contributed by atoms with Crippen LogP contribution >= 0.6 is 0 Å². The minimum atomic E-state index is -0.804. The second-order valence-electron chi connectivity index (χ2n) is 3.84. The zero-order valence-electron chi connectivity index (χ0n) is 11.3. The van der Waals surface area contributed by atoms with Gasteiger partial charge in [-0.2, -0.15) is 0 Å². The summed E-state index contributed by atoms with van der Waals surface area (Å²) in [6.45, 7) is 3.61. The van der Waals surface area contributed by atoms with Crippen LogP contribution in [-0.4, -0.2) is 25.7 Å². The van der Waals surface area contributed by atoms with Gasteiger partial charge in [0, 0.05) is 13.5 Å². The number of ether oxygens (including phenoxy) is 3. The van der Waals surface area contributed by atoms with Crippen molar-refractivity contribution in [1.29, 1.82) is 0 Å². The van der Waals surface area contributed by atoms with Gasteiger partial charge in [-0.25, -0.2) is 4.79 Å². The molecule has 0 aliphatic carbocycles. The number of hydrogen-bond donors (Lipinski definition) is 0. The van der Waals surface area contributed by atoms with Crippen molar-refractivity contribution < 1.29 is 23.8 Å². The van der Waals surface area contributed by atoms with E-state index in [1.54, 1.807) is 25.1 Å². The summed E-state index contributed by atoms with van der Waals surface area (Å²) in [6, 6.07) is 7.15. The highest BCUT2D eigenvalue weighted by Gasteiger charge is 2.24. The summed E-state index contributed by atoms with van der Waals surface area (Å²) in [4.78, 5) is 22.6. The Bertz CT molecular complexity index is 441. The molecule has 0 saturated carbocycles. The predicted octanol–water partition coefficient (Wildman–Crippen LogP) is 2.00. The van der Waals surface area contributed by atoms with Crippen LogP contribution in [0.1, 0.15) is 31.1 Å². The molecule has 5 nitrogen and oxygen atoms in total. The van der Waals surface area contributed by atoms with Gasteiger partial charge in [-0.1, -0.05) is 24.3 Å². The molecule has 0 aliphatic rings. The second-order valence-corrected chi connectivity index (χ2v) is 3.84. The van der Waals surface area contributed by atoms with E-state index in [9.17, 15) is 9.59 Å². The van der Waals surface area contributed by atoms with Gasteiger partial charge in [0.15, 0.2) is 6.10 Å². The number of rotatable bonds is 6. The highest BCUT2D eigenvalue weighted by Crippen LogP contribution is 2.23. The molecule has 0 heterocycles. The first-order chi connectivity index (χ1) is 9.10. The topological polar surface area (TPSA) is 61.8 Å². The lowest BCUT2D eigenvalue weighted by molar-refractivity contribution is -0.154. The quantitative estimate of drug-likeness (QED) is 0.737. The lowest BCUT2D eigenvalue weighted by atomic mass is 10.0. The molecule has 0 bridgehead atoms. The van der Waals surface area contributed by atoms with E-state index in [0.717, 1.165) is 5.56 Å². The van der Waals surface area contributed by atoms with E-state index >= 15 is 0 Å². The Morgan fingerprint density at radius 3 is 2.53 bits per heavy atom. The zero-order valence-corrected chi connectivity index (χ0v) is 11.3. The van der Waals surface area contributed by atoms with Gasteiger partial charge in [0.05, 0.1) is 7.11 Å². The summed E-state index contributed by atoms with van der Waals surface area (Å²) >= 11 is 0. The molecule has 0 saturated heterocycles. The molecule has 0 fully saturated rings. The van der Waals surface area contributed by atoms with E-state index in [4.69, 9.17) is 14.2 Å². The van der Waals surface area contributed by atoms with E-state index in [1.807, 2.05) is 6.07 Å². The SMILES string of the molecule is CCOC(C(=O)OC)c1ccccc1COC(C)=O. The molecule has 0 amide bonds. The summed E-state index contributed by atoms with van der Waals surface area (Å²) in [6.07, 6.45) is -0.804. The van der Waals surface area contributed by atoms with Crippen LogP contribution in [-0.2, 0) is 30.4 Å². The fourth-order valence-corrected chi connectivity index (χ4v) is 1.66. The third-order valence-corrected chi connectivity index (χ3v) is 2.52. The van der Waals surface area contributed by atoms with Crippen molar-refractivity contribution in [2.75, 3.05) is 13.7 Å². The lowest BCUT2D eigenvalue weighted by Crippen LogP contribution is -2.19. The van der Waals surface area contributed by atoms with Crippen molar-refractivity contribution in [3.8, 4) is 0 Å².